The number of carboxylic acids is 1. The molecule has 1 aromatic carbocycles. The highest BCUT2D eigenvalue weighted by Gasteiger charge is 2.22. The number of urea groups is 1. The van der Waals surface area contributed by atoms with E-state index in [0.717, 1.165) is 16.2 Å². The van der Waals surface area contributed by atoms with Crippen molar-refractivity contribution in [2.75, 3.05) is 14.2 Å². The van der Waals surface area contributed by atoms with Crippen LogP contribution in [0.15, 0.2) is 24.3 Å². The Kier molecular flexibility index (Phi) is 5.32. The van der Waals surface area contributed by atoms with Crippen LogP contribution in [-0.4, -0.2) is 42.4 Å². The highest BCUT2D eigenvalue weighted by molar-refractivity contribution is 5.82. The maximum Gasteiger partial charge on any atom is 0.341 e. The van der Waals surface area contributed by atoms with Crippen LogP contribution < -0.4 is 5.32 Å². The molecule has 1 aromatic rings. The van der Waals surface area contributed by atoms with Crippen LogP contribution in [0.1, 0.15) is 11.1 Å². The van der Waals surface area contributed by atoms with Gasteiger partial charge in [0.15, 0.2) is 0 Å². The van der Waals surface area contributed by atoms with Gasteiger partial charge in [0.2, 0.25) is 0 Å². The number of carbonyl (C=O) groups is 2. The average Bonchev–Trinajstić information content (AvgIpc) is 2.39. The van der Waals surface area contributed by atoms with Gasteiger partial charge in [-0.15, -0.1) is 0 Å². The van der Waals surface area contributed by atoms with Gasteiger partial charge >= 0.3 is 12.0 Å². The Morgan fingerprint density at radius 1 is 1.37 bits per heavy atom. The Hall–Kier alpha value is -2.08. The molecule has 2 amide bonds. The largest absolute Gasteiger partial charge is 0.480 e. The van der Waals surface area contributed by atoms with Crippen molar-refractivity contribution in [2.45, 2.75) is 19.4 Å². The molecule has 0 fully saturated rings. The quantitative estimate of drug-likeness (QED) is 0.785. The summed E-state index contributed by atoms with van der Waals surface area (Å²) in [4.78, 5) is 27.4. The summed E-state index contributed by atoms with van der Waals surface area (Å²) in [5, 5.41) is 12.4. The molecular weight excluding hydrogens is 248 g/mol. The molecule has 0 aliphatic heterocycles. The Bertz CT molecular complexity index is 444. The highest BCUT2D eigenvalue weighted by Crippen LogP contribution is 2.07. The SMILES string of the molecule is CON(C)C(=O)N[C@H](Cc1ccc(C)cc1)C(=O)O. The number of nitrogens with zero attached hydrogens (tertiary/aromatic N) is 1. The predicted octanol–water partition coefficient (Wildman–Crippen LogP) is 1.19. The van der Waals surface area contributed by atoms with Crippen molar-refractivity contribution in [3.05, 3.63) is 35.4 Å². The van der Waals surface area contributed by atoms with E-state index < -0.39 is 18.0 Å². The van der Waals surface area contributed by atoms with E-state index >= 15 is 0 Å². The molecule has 0 saturated carbocycles. The van der Waals surface area contributed by atoms with Crippen LogP contribution in [-0.2, 0) is 16.1 Å². The molecule has 0 aliphatic rings. The molecule has 6 heteroatoms. The predicted molar refractivity (Wildman–Crippen MR) is 69.6 cm³/mol. The second kappa shape index (κ2) is 6.75. The van der Waals surface area contributed by atoms with Gasteiger partial charge in [0.05, 0.1) is 7.11 Å². The first kappa shape index (κ1) is 15.0. The van der Waals surface area contributed by atoms with Crippen LogP contribution in [0.5, 0.6) is 0 Å². The maximum absolute atomic E-state index is 11.6. The van der Waals surface area contributed by atoms with Gasteiger partial charge in [0.25, 0.3) is 0 Å². The average molecular weight is 266 g/mol. The molecule has 6 nitrogen and oxygen atoms in total. The van der Waals surface area contributed by atoms with E-state index in [-0.39, 0.29) is 6.42 Å². The van der Waals surface area contributed by atoms with Gasteiger partial charge in [-0.2, -0.15) is 0 Å². The second-order valence-corrected chi connectivity index (χ2v) is 4.21. The summed E-state index contributed by atoms with van der Waals surface area (Å²) >= 11 is 0. The first-order chi connectivity index (χ1) is 8.93. The molecule has 104 valence electrons. The van der Waals surface area contributed by atoms with Crippen LogP contribution >= 0.6 is 0 Å². The Morgan fingerprint density at radius 2 is 1.95 bits per heavy atom. The van der Waals surface area contributed by atoms with E-state index in [1.165, 1.54) is 14.2 Å². The Labute approximate surface area is 111 Å². The minimum Gasteiger partial charge on any atom is -0.480 e. The van der Waals surface area contributed by atoms with E-state index in [1.54, 1.807) is 0 Å². The summed E-state index contributed by atoms with van der Waals surface area (Å²) < 4.78 is 0. The number of benzene rings is 1. The maximum atomic E-state index is 11.6. The van der Waals surface area contributed by atoms with Gasteiger partial charge in [0.1, 0.15) is 6.04 Å². The van der Waals surface area contributed by atoms with Crippen molar-refractivity contribution < 1.29 is 19.5 Å². The lowest BCUT2D eigenvalue weighted by molar-refractivity contribution is -0.139. The van der Waals surface area contributed by atoms with Crippen LogP contribution in [0.4, 0.5) is 4.79 Å². The molecule has 0 heterocycles. The van der Waals surface area contributed by atoms with Crippen molar-refractivity contribution in [3.8, 4) is 0 Å². The fourth-order valence-electron chi connectivity index (χ4n) is 1.48. The van der Waals surface area contributed by atoms with E-state index in [9.17, 15) is 9.59 Å². The molecule has 1 atom stereocenters. The van der Waals surface area contributed by atoms with Gasteiger partial charge < -0.3 is 10.4 Å². The summed E-state index contributed by atoms with van der Waals surface area (Å²) in [7, 11) is 2.73. The number of amides is 2. The monoisotopic (exact) mass is 266 g/mol. The number of hydrogen-bond acceptors (Lipinski definition) is 3. The number of nitrogens with one attached hydrogen (secondary N) is 1. The highest BCUT2D eigenvalue weighted by atomic mass is 16.7. The number of carboxylic acid groups (broad SMARTS) is 1. The second-order valence-electron chi connectivity index (χ2n) is 4.21. The zero-order valence-electron chi connectivity index (χ0n) is 11.2. The van der Waals surface area contributed by atoms with Crippen LogP contribution in [0, 0.1) is 6.92 Å². The number of aliphatic carboxylic acids is 1. The third-order valence-electron chi connectivity index (χ3n) is 2.72. The first-order valence-electron chi connectivity index (χ1n) is 5.80. The lowest BCUT2D eigenvalue weighted by atomic mass is 10.0. The number of hydrogen-bond donors (Lipinski definition) is 2. The normalized spacial score (nSPS) is 11.7. The fraction of sp³-hybridized carbons (Fsp3) is 0.385. The molecule has 0 radical (unpaired) electrons. The van der Waals surface area contributed by atoms with Gasteiger partial charge in [-0.25, -0.2) is 14.7 Å². The van der Waals surface area contributed by atoms with E-state index in [4.69, 9.17) is 5.11 Å². The number of hydroxylamine groups is 2. The van der Waals surface area contributed by atoms with Gasteiger partial charge in [-0.05, 0) is 12.5 Å². The first-order valence-corrected chi connectivity index (χ1v) is 5.80. The Balaban J connectivity index is 2.71. The van der Waals surface area contributed by atoms with Gasteiger partial charge in [-0.1, -0.05) is 29.8 Å². The number of aryl methyl sites for hydroxylation is 1. The van der Waals surface area contributed by atoms with Crippen molar-refractivity contribution in [2.24, 2.45) is 0 Å². The molecule has 19 heavy (non-hydrogen) atoms. The minimum atomic E-state index is -1.08. The van der Waals surface area contributed by atoms with Crippen molar-refractivity contribution >= 4 is 12.0 Å². The molecule has 1 rings (SSSR count). The number of carbonyl (C=O) groups excluding carboxylic acids is 1. The zero-order valence-corrected chi connectivity index (χ0v) is 11.2. The van der Waals surface area contributed by atoms with Gasteiger partial charge in [-0.3, -0.25) is 4.84 Å². The Morgan fingerprint density at radius 3 is 2.42 bits per heavy atom. The topological polar surface area (TPSA) is 78.9 Å². The third kappa shape index (κ3) is 4.59. The lowest BCUT2D eigenvalue weighted by Crippen LogP contribution is -2.47. The van der Waals surface area contributed by atoms with Crippen molar-refractivity contribution in [1.29, 1.82) is 0 Å². The van der Waals surface area contributed by atoms with Crippen LogP contribution in [0.3, 0.4) is 0 Å². The smallest absolute Gasteiger partial charge is 0.341 e. The molecule has 0 saturated heterocycles. The minimum absolute atomic E-state index is 0.221. The van der Waals surface area contributed by atoms with Gasteiger partial charge in [0, 0.05) is 13.5 Å². The molecule has 0 spiro atoms. The third-order valence-corrected chi connectivity index (χ3v) is 2.72. The van der Waals surface area contributed by atoms with Crippen LogP contribution in [0.25, 0.3) is 0 Å². The van der Waals surface area contributed by atoms with E-state index in [2.05, 4.69) is 10.2 Å². The standard InChI is InChI=1S/C13H18N2O4/c1-9-4-6-10(7-5-9)8-11(12(16)17)14-13(18)15(2)19-3/h4-7,11H,8H2,1-3H3,(H,14,18)(H,16,17)/t11-/m1/s1. The zero-order chi connectivity index (χ0) is 14.4. The van der Waals surface area contributed by atoms with Crippen LogP contribution in [0.2, 0.25) is 0 Å². The molecular formula is C13H18N2O4. The summed E-state index contributed by atoms with van der Waals surface area (Å²) in [5.41, 5.74) is 1.94. The summed E-state index contributed by atoms with van der Waals surface area (Å²) in [6.07, 6.45) is 0.221. The summed E-state index contributed by atoms with van der Waals surface area (Å²) in [6.45, 7) is 1.95. The molecule has 2 N–H and O–H groups in total. The lowest BCUT2D eigenvalue weighted by Gasteiger charge is -2.19. The molecule has 0 bridgehead atoms. The molecule has 0 aliphatic carbocycles. The molecule has 0 aromatic heterocycles. The van der Waals surface area contributed by atoms with Crippen molar-refractivity contribution in [1.82, 2.24) is 10.4 Å². The fourth-order valence-corrected chi connectivity index (χ4v) is 1.48. The van der Waals surface area contributed by atoms with E-state index in [0.29, 0.717) is 0 Å². The summed E-state index contributed by atoms with van der Waals surface area (Å²) in [5.74, 6) is -1.08. The number of rotatable bonds is 5. The summed E-state index contributed by atoms with van der Waals surface area (Å²) in [6, 6.07) is 5.90. The van der Waals surface area contributed by atoms with E-state index in [1.807, 2.05) is 31.2 Å². The van der Waals surface area contributed by atoms with Crippen molar-refractivity contribution in [3.63, 3.8) is 0 Å². The molecule has 0 unspecified atom stereocenters.